The molecule has 0 spiro atoms. The van der Waals surface area contributed by atoms with Crippen LogP contribution in [-0.2, 0) is 28.6 Å². The molecule has 0 aliphatic heterocycles. The zero-order valence-electron chi connectivity index (χ0n) is 55.3. The molecule has 0 fully saturated rings. The van der Waals surface area contributed by atoms with Gasteiger partial charge in [-0.25, -0.2) is 0 Å². The van der Waals surface area contributed by atoms with Crippen LogP contribution in [0.25, 0.3) is 0 Å². The number of hydrogen-bond acceptors (Lipinski definition) is 6. The number of rotatable bonds is 68. The van der Waals surface area contributed by atoms with Crippen molar-refractivity contribution >= 4 is 17.9 Å². The van der Waals surface area contributed by atoms with Crippen molar-refractivity contribution in [3.63, 3.8) is 0 Å². The van der Waals surface area contributed by atoms with E-state index in [9.17, 15) is 14.4 Å². The third-order valence-electron chi connectivity index (χ3n) is 16.6. The molecule has 0 heterocycles. The van der Waals surface area contributed by atoms with Crippen LogP contribution in [0, 0.1) is 0 Å². The van der Waals surface area contributed by atoms with Gasteiger partial charge in [-0.05, 0) is 83.5 Å². The fourth-order valence-corrected chi connectivity index (χ4v) is 11.0. The molecule has 1 atom stereocenters. The molecular weight excluding hydrogens is 1010 g/mol. The minimum Gasteiger partial charge on any atom is -0.462 e. The maximum absolute atomic E-state index is 13.0. The molecule has 0 rings (SSSR count). The molecule has 480 valence electrons. The molecule has 0 aromatic rings. The van der Waals surface area contributed by atoms with Gasteiger partial charge in [0.15, 0.2) is 6.10 Å². The molecule has 0 radical (unpaired) electrons. The average molecular weight is 1150 g/mol. The quantitative estimate of drug-likeness (QED) is 0.0261. The second-order valence-corrected chi connectivity index (χ2v) is 24.9. The molecule has 0 N–H and O–H groups in total. The fraction of sp³-hybridized carbons (Fsp3) is 0.855. The molecule has 82 heavy (non-hydrogen) atoms. The second-order valence-electron chi connectivity index (χ2n) is 24.9. The lowest BCUT2D eigenvalue weighted by atomic mass is 10.0. The highest BCUT2D eigenvalue weighted by molar-refractivity contribution is 5.71. The number of allylic oxidation sites excluding steroid dienone is 8. The van der Waals surface area contributed by atoms with Crippen LogP contribution in [0.15, 0.2) is 48.6 Å². The summed E-state index contributed by atoms with van der Waals surface area (Å²) in [6.45, 7) is 6.70. The monoisotopic (exact) mass is 1150 g/mol. The lowest BCUT2D eigenvalue weighted by Gasteiger charge is -2.18. The first kappa shape index (κ1) is 79.4. The van der Waals surface area contributed by atoms with E-state index in [2.05, 4.69) is 69.4 Å². The molecule has 0 aliphatic rings. The van der Waals surface area contributed by atoms with E-state index in [-0.39, 0.29) is 31.1 Å². The van der Waals surface area contributed by atoms with Crippen molar-refractivity contribution in [2.24, 2.45) is 0 Å². The molecule has 0 aromatic carbocycles. The summed E-state index contributed by atoms with van der Waals surface area (Å²) < 4.78 is 17.0. The standard InChI is InChI=1S/C76H140O6/c1-4-7-10-13-16-19-22-25-28-31-33-34-35-36-37-38-39-40-41-42-43-46-48-51-54-57-60-63-66-69-75(78)81-72-73(71-80-74(77)68-65-62-59-56-53-50-47-44-30-27-24-21-18-15-12-9-6-3)82-76(79)70-67-64-61-58-55-52-49-45-32-29-26-23-20-17-14-11-8-5-2/h22,25,27,30-31,33,35-36,73H,4-21,23-24,26,28-29,32,34,37-72H2,1-3H3/b25-22-,30-27-,33-31-,36-35-. The number of carbonyl (C=O) groups is 3. The second kappa shape index (κ2) is 70.9. The number of hydrogen-bond donors (Lipinski definition) is 0. The van der Waals surface area contributed by atoms with Gasteiger partial charge in [0.1, 0.15) is 13.2 Å². The Hall–Kier alpha value is -2.63. The van der Waals surface area contributed by atoms with Crippen LogP contribution in [0.3, 0.4) is 0 Å². The highest BCUT2D eigenvalue weighted by atomic mass is 16.6. The Morgan fingerprint density at radius 3 is 0.695 bits per heavy atom. The SMILES string of the molecule is CCCCCCC/C=C\C/C=C\C/C=C\CCCCCCCCCCCCCCCCC(=O)OCC(COC(=O)CCCCCCCCC/C=C\CCCCCCCC)OC(=O)CCCCCCCCCCCCCCCCCCCC. The van der Waals surface area contributed by atoms with Gasteiger partial charge in [0.2, 0.25) is 0 Å². The molecule has 0 aromatic heterocycles. The van der Waals surface area contributed by atoms with E-state index >= 15 is 0 Å². The summed E-state index contributed by atoms with van der Waals surface area (Å²) in [5, 5.41) is 0. The highest BCUT2D eigenvalue weighted by Gasteiger charge is 2.19. The Morgan fingerprint density at radius 2 is 0.439 bits per heavy atom. The van der Waals surface area contributed by atoms with Crippen molar-refractivity contribution in [1.82, 2.24) is 0 Å². The summed E-state index contributed by atoms with van der Waals surface area (Å²) in [4.78, 5) is 38.5. The van der Waals surface area contributed by atoms with Crippen molar-refractivity contribution in [3.8, 4) is 0 Å². The Morgan fingerprint density at radius 1 is 0.244 bits per heavy atom. The maximum atomic E-state index is 13.0. The lowest BCUT2D eigenvalue weighted by molar-refractivity contribution is -0.167. The number of carbonyl (C=O) groups excluding carboxylic acids is 3. The van der Waals surface area contributed by atoms with Crippen LogP contribution in [0.1, 0.15) is 400 Å². The molecule has 0 saturated carbocycles. The van der Waals surface area contributed by atoms with Gasteiger partial charge in [-0.15, -0.1) is 0 Å². The highest BCUT2D eigenvalue weighted by Crippen LogP contribution is 2.18. The van der Waals surface area contributed by atoms with Gasteiger partial charge >= 0.3 is 17.9 Å². The van der Waals surface area contributed by atoms with E-state index in [1.165, 1.54) is 289 Å². The molecular formula is C76H140O6. The van der Waals surface area contributed by atoms with Crippen LogP contribution in [0.4, 0.5) is 0 Å². The van der Waals surface area contributed by atoms with Crippen LogP contribution in [0.2, 0.25) is 0 Å². The Balaban J connectivity index is 4.25. The lowest BCUT2D eigenvalue weighted by Crippen LogP contribution is -2.30. The van der Waals surface area contributed by atoms with Crippen LogP contribution in [-0.4, -0.2) is 37.2 Å². The van der Waals surface area contributed by atoms with Crippen molar-refractivity contribution < 1.29 is 28.6 Å². The predicted octanol–water partition coefficient (Wildman–Crippen LogP) is 25.3. The average Bonchev–Trinajstić information content (AvgIpc) is 3.47. The first-order valence-electron chi connectivity index (χ1n) is 36.6. The van der Waals surface area contributed by atoms with Crippen LogP contribution < -0.4 is 0 Å². The third-order valence-corrected chi connectivity index (χ3v) is 16.6. The molecule has 1 unspecified atom stereocenters. The molecule has 0 aliphatic carbocycles. The Bertz CT molecular complexity index is 1410. The number of ether oxygens (including phenoxy) is 3. The van der Waals surface area contributed by atoms with Gasteiger partial charge in [0, 0.05) is 19.3 Å². The minimum atomic E-state index is -0.774. The molecule has 6 heteroatoms. The van der Waals surface area contributed by atoms with E-state index in [0.29, 0.717) is 19.3 Å². The van der Waals surface area contributed by atoms with Gasteiger partial charge in [-0.2, -0.15) is 0 Å². The number of unbranched alkanes of at least 4 members (excludes halogenated alkanes) is 49. The van der Waals surface area contributed by atoms with Crippen molar-refractivity contribution in [3.05, 3.63) is 48.6 Å². The molecule has 6 nitrogen and oxygen atoms in total. The van der Waals surface area contributed by atoms with Crippen molar-refractivity contribution in [1.29, 1.82) is 0 Å². The molecule has 0 saturated heterocycles. The van der Waals surface area contributed by atoms with E-state index in [0.717, 1.165) is 70.6 Å². The molecule has 0 bridgehead atoms. The van der Waals surface area contributed by atoms with Gasteiger partial charge < -0.3 is 14.2 Å². The Labute approximate surface area is 511 Å². The van der Waals surface area contributed by atoms with Crippen molar-refractivity contribution in [2.75, 3.05) is 13.2 Å². The fourth-order valence-electron chi connectivity index (χ4n) is 11.0. The van der Waals surface area contributed by atoms with Crippen LogP contribution in [0.5, 0.6) is 0 Å². The van der Waals surface area contributed by atoms with Gasteiger partial charge in [-0.3, -0.25) is 14.4 Å². The van der Waals surface area contributed by atoms with Gasteiger partial charge in [-0.1, -0.05) is 345 Å². The summed E-state index contributed by atoms with van der Waals surface area (Å²) in [6.07, 6.45) is 90.0. The summed E-state index contributed by atoms with van der Waals surface area (Å²) in [7, 11) is 0. The van der Waals surface area contributed by atoms with Crippen LogP contribution >= 0.6 is 0 Å². The van der Waals surface area contributed by atoms with Crippen molar-refractivity contribution in [2.45, 2.75) is 406 Å². The molecule has 0 amide bonds. The van der Waals surface area contributed by atoms with Gasteiger partial charge in [0.25, 0.3) is 0 Å². The maximum Gasteiger partial charge on any atom is 0.306 e. The first-order valence-corrected chi connectivity index (χ1v) is 36.6. The van der Waals surface area contributed by atoms with Gasteiger partial charge in [0.05, 0.1) is 0 Å². The normalized spacial score (nSPS) is 12.3. The predicted molar refractivity (Wildman–Crippen MR) is 358 cm³/mol. The third kappa shape index (κ3) is 68.2. The topological polar surface area (TPSA) is 78.9 Å². The Kier molecular flexibility index (Phi) is 68.6. The summed E-state index contributed by atoms with van der Waals surface area (Å²) >= 11 is 0. The first-order chi connectivity index (χ1) is 40.5. The zero-order valence-corrected chi connectivity index (χ0v) is 55.3. The summed E-state index contributed by atoms with van der Waals surface area (Å²) in [5.41, 5.74) is 0. The van der Waals surface area contributed by atoms with E-state index < -0.39 is 6.10 Å². The summed E-state index contributed by atoms with van der Waals surface area (Å²) in [6, 6.07) is 0. The van der Waals surface area contributed by atoms with E-state index in [1.54, 1.807) is 0 Å². The van der Waals surface area contributed by atoms with E-state index in [4.69, 9.17) is 14.2 Å². The smallest absolute Gasteiger partial charge is 0.306 e. The largest absolute Gasteiger partial charge is 0.462 e. The minimum absolute atomic E-state index is 0.0697. The summed E-state index contributed by atoms with van der Waals surface area (Å²) in [5.74, 6) is -0.845. The zero-order chi connectivity index (χ0) is 59.2. The number of esters is 3. The van der Waals surface area contributed by atoms with E-state index in [1.807, 2.05) is 0 Å².